The molecule has 1 rings (SSSR count). The van der Waals surface area contributed by atoms with Gasteiger partial charge in [-0.2, -0.15) is 0 Å². The summed E-state index contributed by atoms with van der Waals surface area (Å²) in [5, 5.41) is 3.66. The second kappa shape index (κ2) is 8.92. The lowest BCUT2D eigenvalue weighted by Gasteiger charge is -2.32. The minimum Gasteiger partial charge on any atom is -0.315 e. The first-order valence-electron chi connectivity index (χ1n) is 8.12. The lowest BCUT2D eigenvalue weighted by Crippen LogP contribution is -2.44. The minimum absolute atomic E-state index is 0.759. The minimum atomic E-state index is 0.759. The quantitative estimate of drug-likeness (QED) is 0.607. The first kappa shape index (κ1) is 16.0. The average molecular weight is 254 g/mol. The Kier molecular flexibility index (Phi) is 7.92. The zero-order valence-electron chi connectivity index (χ0n) is 13.0. The van der Waals surface area contributed by atoms with Crippen LogP contribution in [0.2, 0.25) is 0 Å². The molecule has 0 heterocycles. The molecule has 1 unspecified atom stereocenters. The van der Waals surface area contributed by atoms with Gasteiger partial charge in [0.25, 0.3) is 0 Å². The van der Waals surface area contributed by atoms with Crippen molar-refractivity contribution in [3.63, 3.8) is 0 Å². The number of rotatable bonds is 11. The van der Waals surface area contributed by atoms with Gasteiger partial charge in [0.05, 0.1) is 0 Å². The predicted molar refractivity (Wildman–Crippen MR) is 81.0 cm³/mol. The summed E-state index contributed by atoms with van der Waals surface area (Å²) in [6, 6.07) is 0.759. The van der Waals surface area contributed by atoms with Gasteiger partial charge in [-0.05, 0) is 50.6 Å². The molecule has 0 aromatic heterocycles. The molecule has 0 aromatic rings. The maximum absolute atomic E-state index is 3.66. The summed E-state index contributed by atoms with van der Waals surface area (Å²) in [5.74, 6) is 1.77. The molecule has 0 aromatic carbocycles. The van der Waals surface area contributed by atoms with Crippen molar-refractivity contribution in [2.24, 2.45) is 11.8 Å². The van der Waals surface area contributed by atoms with E-state index in [1.807, 2.05) is 0 Å². The molecular formula is C16H34N2. The van der Waals surface area contributed by atoms with Crippen LogP contribution in [0.15, 0.2) is 0 Å². The topological polar surface area (TPSA) is 15.3 Å². The molecule has 0 amide bonds. The summed E-state index contributed by atoms with van der Waals surface area (Å²) in [5.41, 5.74) is 0. The maximum Gasteiger partial charge on any atom is 0.0220 e. The molecule has 1 aliphatic carbocycles. The van der Waals surface area contributed by atoms with Crippen molar-refractivity contribution in [2.75, 3.05) is 26.2 Å². The largest absolute Gasteiger partial charge is 0.315 e. The fourth-order valence-electron chi connectivity index (χ4n) is 2.63. The normalized spacial score (nSPS) is 17.7. The van der Waals surface area contributed by atoms with Crippen molar-refractivity contribution >= 4 is 0 Å². The SMILES string of the molecule is CCCC(CNCC(C)C)N(CCC)CC1CC1. The van der Waals surface area contributed by atoms with Crippen LogP contribution in [0.1, 0.15) is 59.8 Å². The van der Waals surface area contributed by atoms with E-state index in [1.54, 1.807) is 0 Å². The lowest BCUT2D eigenvalue weighted by atomic mass is 10.1. The van der Waals surface area contributed by atoms with Crippen LogP contribution < -0.4 is 5.32 Å². The maximum atomic E-state index is 3.66. The molecule has 2 heteroatoms. The van der Waals surface area contributed by atoms with Crippen LogP contribution in [0.4, 0.5) is 0 Å². The van der Waals surface area contributed by atoms with Crippen LogP contribution in [-0.4, -0.2) is 37.1 Å². The summed E-state index contributed by atoms with van der Waals surface area (Å²) < 4.78 is 0. The highest BCUT2D eigenvalue weighted by Gasteiger charge is 2.27. The highest BCUT2D eigenvalue weighted by Crippen LogP contribution is 2.30. The number of hydrogen-bond acceptors (Lipinski definition) is 2. The van der Waals surface area contributed by atoms with Crippen molar-refractivity contribution in [1.82, 2.24) is 10.2 Å². The van der Waals surface area contributed by atoms with Crippen LogP contribution in [0.5, 0.6) is 0 Å². The fourth-order valence-corrected chi connectivity index (χ4v) is 2.63. The lowest BCUT2D eigenvalue weighted by molar-refractivity contribution is 0.173. The summed E-state index contributed by atoms with van der Waals surface area (Å²) >= 11 is 0. The molecule has 0 aliphatic heterocycles. The molecular weight excluding hydrogens is 220 g/mol. The Balaban J connectivity index is 2.37. The molecule has 108 valence electrons. The van der Waals surface area contributed by atoms with E-state index >= 15 is 0 Å². The van der Waals surface area contributed by atoms with Gasteiger partial charge in [0.2, 0.25) is 0 Å². The molecule has 2 nitrogen and oxygen atoms in total. The summed E-state index contributed by atoms with van der Waals surface area (Å²) in [6.07, 6.45) is 6.88. The van der Waals surface area contributed by atoms with Crippen LogP contribution in [-0.2, 0) is 0 Å². The van der Waals surface area contributed by atoms with Gasteiger partial charge in [0.1, 0.15) is 0 Å². The van der Waals surface area contributed by atoms with E-state index in [0.29, 0.717) is 0 Å². The van der Waals surface area contributed by atoms with Gasteiger partial charge >= 0.3 is 0 Å². The van der Waals surface area contributed by atoms with Crippen molar-refractivity contribution in [2.45, 2.75) is 65.8 Å². The third-order valence-corrected chi connectivity index (χ3v) is 3.77. The van der Waals surface area contributed by atoms with E-state index in [1.165, 1.54) is 51.7 Å². The molecule has 0 saturated heterocycles. The first-order valence-corrected chi connectivity index (χ1v) is 8.12. The Morgan fingerprint density at radius 3 is 2.33 bits per heavy atom. The van der Waals surface area contributed by atoms with E-state index in [4.69, 9.17) is 0 Å². The Labute approximate surface area is 115 Å². The summed E-state index contributed by atoms with van der Waals surface area (Å²) in [7, 11) is 0. The highest BCUT2D eigenvalue weighted by atomic mass is 15.2. The third-order valence-electron chi connectivity index (χ3n) is 3.77. The van der Waals surface area contributed by atoms with E-state index in [2.05, 4.69) is 37.9 Å². The Morgan fingerprint density at radius 2 is 1.83 bits per heavy atom. The van der Waals surface area contributed by atoms with Crippen molar-refractivity contribution in [3.05, 3.63) is 0 Å². The zero-order chi connectivity index (χ0) is 13.4. The van der Waals surface area contributed by atoms with E-state index in [9.17, 15) is 0 Å². The Hall–Kier alpha value is -0.0800. The van der Waals surface area contributed by atoms with Crippen LogP contribution in [0.25, 0.3) is 0 Å². The van der Waals surface area contributed by atoms with Crippen LogP contribution in [0.3, 0.4) is 0 Å². The van der Waals surface area contributed by atoms with Crippen LogP contribution >= 0.6 is 0 Å². The molecule has 1 N–H and O–H groups in total. The van der Waals surface area contributed by atoms with Crippen molar-refractivity contribution < 1.29 is 0 Å². The van der Waals surface area contributed by atoms with Gasteiger partial charge < -0.3 is 5.32 Å². The number of nitrogens with one attached hydrogen (secondary N) is 1. The van der Waals surface area contributed by atoms with Gasteiger partial charge in [0, 0.05) is 19.1 Å². The molecule has 1 aliphatic rings. The van der Waals surface area contributed by atoms with Gasteiger partial charge in [-0.3, -0.25) is 4.90 Å². The van der Waals surface area contributed by atoms with E-state index in [-0.39, 0.29) is 0 Å². The van der Waals surface area contributed by atoms with Crippen molar-refractivity contribution in [1.29, 1.82) is 0 Å². The third kappa shape index (κ3) is 6.75. The Bertz CT molecular complexity index is 199. The first-order chi connectivity index (χ1) is 8.67. The second-order valence-electron chi connectivity index (χ2n) is 6.43. The molecule has 0 bridgehead atoms. The molecule has 0 radical (unpaired) electrons. The summed E-state index contributed by atoms with van der Waals surface area (Å²) in [6.45, 7) is 14.2. The molecule has 0 spiro atoms. The van der Waals surface area contributed by atoms with Crippen molar-refractivity contribution in [3.8, 4) is 0 Å². The fraction of sp³-hybridized carbons (Fsp3) is 1.00. The van der Waals surface area contributed by atoms with Gasteiger partial charge in [-0.15, -0.1) is 0 Å². The number of nitrogens with zero attached hydrogens (tertiary/aromatic N) is 1. The smallest absolute Gasteiger partial charge is 0.0220 e. The molecule has 18 heavy (non-hydrogen) atoms. The monoisotopic (exact) mass is 254 g/mol. The number of hydrogen-bond donors (Lipinski definition) is 1. The van der Waals surface area contributed by atoms with Crippen LogP contribution in [0, 0.1) is 11.8 Å². The van der Waals surface area contributed by atoms with E-state index < -0.39 is 0 Å². The highest BCUT2D eigenvalue weighted by molar-refractivity contribution is 4.82. The average Bonchev–Trinajstić information content (AvgIpc) is 3.11. The zero-order valence-corrected chi connectivity index (χ0v) is 13.0. The standard InChI is InChI=1S/C16H34N2/c1-5-7-16(12-17-11-14(3)4)18(10-6-2)13-15-8-9-15/h14-17H,5-13H2,1-4H3. The molecule has 1 saturated carbocycles. The Morgan fingerprint density at radius 1 is 1.11 bits per heavy atom. The second-order valence-corrected chi connectivity index (χ2v) is 6.43. The van der Waals surface area contributed by atoms with Gasteiger partial charge in [-0.1, -0.05) is 34.1 Å². The predicted octanol–water partition coefficient (Wildman–Crippen LogP) is 3.52. The van der Waals surface area contributed by atoms with Gasteiger partial charge in [0.15, 0.2) is 0 Å². The molecule has 1 fully saturated rings. The summed E-state index contributed by atoms with van der Waals surface area (Å²) in [4.78, 5) is 2.76. The molecule has 1 atom stereocenters. The van der Waals surface area contributed by atoms with E-state index in [0.717, 1.165) is 24.4 Å². The van der Waals surface area contributed by atoms with Gasteiger partial charge in [-0.25, -0.2) is 0 Å².